The Morgan fingerprint density at radius 2 is 2.17 bits per heavy atom. The van der Waals surface area contributed by atoms with E-state index in [1.54, 1.807) is 17.9 Å². The Bertz CT molecular complexity index is 393. The van der Waals surface area contributed by atoms with Gasteiger partial charge in [-0.25, -0.2) is 4.39 Å². The summed E-state index contributed by atoms with van der Waals surface area (Å²) in [5.74, 6) is -0.290. The lowest BCUT2D eigenvalue weighted by molar-refractivity contribution is -0.132. The van der Waals surface area contributed by atoms with Crippen LogP contribution >= 0.6 is 0 Å². The van der Waals surface area contributed by atoms with Crippen LogP contribution in [0.4, 0.5) is 4.39 Å². The fourth-order valence-corrected chi connectivity index (χ4v) is 1.85. The van der Waals surface area contributed by atoms with Crippen molar-refractivity contribution in [3.05, 3.63) is 35.6 Å². The number of halogens is 1. The first-order chi connectivity index (χ1) is 8.54. The van der Waals surface area contributed by atoms with Gasteiger partial charge in [-0.3, -0.25) is 4.79 Å². The molecule has 0 unspecified atom stereocenters. The molecule has 1 aromatic carbocycles. The van der Waals surface area contributed by atoms with Gasteiger partial charge in [0.2, 0.25) is 5.91 Å². The molecule has 1 atom stereocenters. The Kier molecular flexibility index (Phi) is 5.78. The highest BCUT2D eigenvalue weighted by Crippen LogP contribution is 2.06. The topological polar surface area (TPSA) is 46.3 Å². The van der Waals surface area contributed by atoms with Crippen LogP contribution in [0.25, 0.3) is 0 Å². The normalized spacial score (nSPS) is 12.2. The van der Waals surface area contributed by atoms with E-state index in [9.17, 15) is 9.18 Å². The van der Waals surface area contributed by atoms with Gasteiger partial charge in [-0.2, -0.15) is 0 Å². The van der Waals surface area contributed by atoms with E-state index in [2.05, 4.69) is 0 Å². The van der Waals surface area contributed by atoms with Crippen molar-refractivity contribution < 1.29 is 9.18 Å². The predicted octanol–water partition coefficient (Wildman–Crippen LogP) is 1.95. The van der Waals surface area contributed by atoms with E-state index in [1.807, 2.05) is 13.0 Å². The van der Waals surface area contributed by atoms with Gasteiger partial charge in [-0.05, 0) is 37.5 Å². The first kappa shape index (κ1) is 14.6. The maximum absolute atomic E-state index is 13.0. The number of benzene rings is 1. The molecule has 0 radical (unpaired) electrons. The van der Waals surface area contributed by atoms with E-state index in [1.165, 1.54) is 12.1 Å². The van der Waals surface area contributed by atoms with Gasteiger partial charge in [0.1, 0.15) is 5.82 Å². The summed E-state index contributed by atoms with van der Waals surface area (Å²) in [5, 5.41) is 0. The Labute approximate surface area is 108 Å². The highest BCUT2D eigenvalue weighted by molar-refractivity contribution is 5.81. The van der Waals surface area contributed by atoms with E-state index >= 15 is 0 Å². The van der Waals surface area contributed by atoms with Gasteiger partial charge in [0.05, 0.1) is 6.04 Å². The molecule has 1 amide bonds. The lowest BCUT2D eigenvalue weighted by atomic mass is 10.1. The van der Waals surface area contributed by atoms with Crippen molar-refractivity contribution >= 4 is 5.91 Å². The fraction of sp³-hybridized carbons (Fsp3) is 0.500. The summed E-state index contributed by atoms with van der Waals surface area (Å²) < 4.78 is 13.0. The van der Waals surface area contributed by atoms with Gasteiger partial charge in [0.15, 0.2) is 0 Å². The minimum atomic E-state index is -0.482. The van der Waals surface area contributed by atoms with Crippen LogP contribution in [0.5, 0.6) is 0 Å². The minimum absolute atomic E-state index is 0.0479. The summed E-state index contributed by atoms with van der Waals surface area (Å²) in [4.78, 5) is 13.6. The van der Waals surface area contributed by atoms with E-state index in [0.29, 0.717) is 19.5 Å². The molecule has 0 aromatic heterocycles. The molecule has 0 heterocycles. The van der Waals surface area contributed by atoms with Crippen molar-refractivity contribution in [1.82, 2.24) is 4.90 Å². The molecule has 0 spiro atoms. The summed E-state index contributed by atoms with van der Waals surface area (Å²) in [7, 11) is 0. The molecule has 0 bridgehead atoms. The molecular weight excluding hydrogens is 231 g/mol. The first-order valence-electron chi connectivity index (χ1n) is 6.33. The zero-order valence-corrected chi connectivity index (χ0v) is 11.0. The lowest BCUT2D eigenvalue weighted by Crippen LogP contribution is -2.43. The molecule has 0 fully saturated rings. The SMILES string of the molecule is CCCN(CCc1cccc(F)c1)C(=O)[C@@H](C)N. The number of amides is 1. The number of carbonyl (C=O) groups excluding carboxylic acids is 1. The van der Waals surface area contributed by atoms with Crippen LogP contribution in [0.15, 0.2) is 24.3 Å². The largest absolute Gasteiger partial charge is 0.341 e. The van der Waals surface area contributed by atoms with Crippen molar-refractivity contribution in [1.29, 1.82) is 0 Å². The van der Waals surface area contributed by atoms with Gasteiger partial charge in [0.25, 0.3) is 0 Å². The third kappa shape index (κ3) is 4.45. The molecule has 4 heteroatoms. The van der Waals surface area contributed by atoms with Crippen LogP contribution in [0.1, 0.15) is 25.8 Å². The van der Waals surface area contributed by atoms with Crippen LogP contribution in [0, 0.1) is 5.82 Å². The third-order valence-electron chi connectivity index (χ3n) is 2.75. The first-order valence-corrected chi connectivity index (χ1v) is 6.33. The van der Waals surface area contributed by atoms with Crippen LogP contribution in [-0.4, -0.2) is 29.9 Å². The highest BCUT2D eigenvalue weighted by Gasteiger charge is 2.16. The monoisotopic (exact) mass is 252 g/mol. The number of nitrogens with two attached hydrogens (primary N) is 1. The molecule has 100 valence electrons. The summed E-state index contributed by atoms with van der Waals surface area (Å²) >= 11 is 0. The zero-order valence-electron chi connectivity index (χ0n) is 11.0. The van der Waals surface area contributed by atoms with E-state index in [-0.39, 0.29) is 11.7 Å². The number of nitrogens with zero attached hydrogens (tertiary/aromatic N) is 1. The summed E-state index contributed by atoms with van der Waals surface area (Å²) in [6, 6.07) is 5.98. The maximum atomic E-state index is 13.0. The second kappa shape index (κ2) is 7.11. The van der Waals surface area contributed by atoms with Crippen molar-refractivity contribution in [2.45, 2.75) is 32.7 Å². The molecule has 0 saturated carbocycles. The Balaban J connectivity index is 2.59. The van der Waals surface area contributed by atoms with Gasteiger partial charge in [-0.15, -0.1) is 0 Å². The minimum Gasteiger partial charge on any atom is -0.341 e. The second-order valence-corrected chi connectivity index (χ2v) is 4.49. The molecule has 0 aliphatic rings. The fourth-order valence-electron chi connectivity index (χ4n) is 1.85. The summed E-state index contributed by atoms with van der Waals surface area (Å²) in [6.45, 7) is 4.98. The summed E-state index contributed by atoms with van der Waals surface area (Å²) in [6.07, 6.45) is 1.54. The average Bonchev–Trinajstić information content (AvgIpc) is 2.33. The lowest BCUT2D eigenvalue weighted by Gasteiger charge is -2.24. The molecule has 0 aliphatic carbocycles. The van der Waals surface area contributed by atoms with Gasteiger partial charge < -0.3 is 10.6 Å². The van der Waals surface area contributed by atoms with Crippen LogP contribution in [0.3, 0.4) is 0 Å². The van der Waals surface area contributed by atoms with E-state index < -0.39 is 6.04 Å². The van der Waals surface area contributed by atoms with E-state index in [4.69, 9.17) is 5.73 Å². The Morgan fingerprint density at radius 1 is 1.44 bits per heavy atom. The quantitative estimate of drug-likeness (QED) is 0.841. The number of hydrogen-bond acceptors (Lipinski definition) is 2. The Morgan fingerprint density at radius 3 is 2.72 bits per heavy atom. The molecule has 1 rings (SSSR count). The molecule has 0 saturated heterocycles. The van der Waals surface area contributed by atoms with Crippen molar-refractivity contribution in [3.8, 4) is 0 Å². The molecular formula is C14H21FN2O. The van der Waals surface area contributed by atoms with Gasteiger partial charge in [-0.1, -0.05) is 19.1 Å². The third-order valence-corrected chi connectivity index (χ3v) is 2.75. The number of rotatable bonds is 6. The molecule has 18 heavy (non-hydrogen) atoms. The van der Waals surface area contributed by atoms with Gasteiger partial charge >= 0.3 is 0 Å². The molecule has 0 aliphatic heterocycles. The van der Waals surface area contributed by atoms with Crippen LogP contribution in [-0.2, 0) is 11.2 Å². The van der Waals surface area contributed by atoms with Crippen molar-refractivity contribution in [2.24, 2.45) is 5.73 Å². The highest BCUT2D eigenvalue weighted by atomic mass is 19.1. The van der Waals surface area contributed by atoms with Crippen molar-refractivity contribution in [3.63, 3.8) is 0 Å². The molecule has 3 nitrogen and oxygen atoms in total. The van der Waals surface area contributed by atoms with Crippen molar-refractivity contribution in [2.75, 3.05) is 13.1 Å². The summed E-state index contributed by atoms with van der Waals surface area (Å²) in [5.41, 5.74) is 6.51. The molecule has 2 N–H and O–H groups in total. The standard InChI is InChI=1S/C14H21FN2O/c1-3-8-17(14(18)11(2)16)9-7-12-5-4-6-13(15)10-12/h4-6,10-11H,3,7-9,16H2,1-2H3/t11-/m1/s1. The number of hydrogen-bond donors (Lipinski definition) is 1. The predicted molar refractivity (Wildman–Crippen MR) is 70.6 cm³/mol. The number of carbonyl (C=O) groups is 1. The Hall–Kier alpha value is -1.42. The molecule has 1 aromatic rings. The van der Waals surface area contributed by atoms with Crippen LogP contribution < -0.4 is 5.73 Å². The van der Waals surface area contributed by atoms with E-state index in [0.717, 1.165) is 12.0 Å². The second-order valence-electron chi connectivity index (χ2n) is 4.49. The smallest absolute Gasteiger partial charge is 0.239 e. The zero-order chi connectivity index (χ0) is 13.5. The maximum Gasteiger partial charge on any atom is 0.239 e. The van der Waals surface area contributed by atoms with Gasteiger partial charge in [0, 0.05) is 13.1 Å². The average molecular weight is 252 g/mol. The van der Waals surface area contributed by atoms with Crippen LogP contribution in [0.2, 0.25) is 0 Å².